The first-order valence-electron chi connectivity index (χ1n) is 7.51. The van der Waals surface area contributed by atoms with Gasteiger partial charge < -0.3 is 20.5 Å². The minimum atomic E-state index is -0.00400. The molecule has 5 heteroatoms. The lowest BCUT2D eigenvalue weighted by Gasteiger charge is -2.19. The average molecular weight is 292 g/mol. The van der Waals surface area contributed by atoms with Crippen molar-refractivity contribution < 1.29 is 14.3 Å². The largest absolute Gasteiger partial charge is 0.497 e. The summed E-state index contributed by atoms with van der Waals surface area (Å²) in [7, 11) is 1.60. The molecule has 0 unspecified atom stereocenters. The predicted octanol–water partition coefficient (Wildman–Crippen LogP) is 2.41. The Bertz CT molecular complexity index is 490. The molecule has 0 radical (unpaired) electrons. The van der Waals surface area contributed by atoms with Crippen molar-refractivity contribution in [1.29, 1.82) is 0 Å². The van der Waals surface area contributed by atoms with Crippen LogP contribution in [0.15, 0.2) is 18.2 Å². The average Bonchev–Trinajstić information content (AvgIpc) is 2.97. The fourth-order valence-electron chi connectivity index (χ4n) is 2.90. The highest BCUT2D eigenvalue weighted by molar-refractivity contribution is 5.94. The second-order valence-electron chi connectivity index (χ2n) is 5.32. The van der Waals surface area contributed by atoms with Gasteiger partial charge in [0, 0.05) is 12.0 Å². The number of carbonyl (C=O) groups excluding carboxylic acids is 1. The first-order chi connectivity index (χ1) is 10.2. The zero-order valence-electron chi connectivity index (χ0n) is 12.7. The topological polar surface area (TPSA) is 73.6 Å². The minimum Gasteiger partial charge on any atom is -0.497 e. The number of anilines is 1. The Hall–Kier alpha value is -1.75. The second kappa shape index (κ2) is 7.31. The third-order valence-corrected chi connectivity index (χ3v) is 4.04. The van der Waals surface area contributed by atoms with Gasteiger partial charge in [0.1, 0.15) is 11.5 Å². The molecule has 116 valence electrons. The molecule has 2 rings (SSSR count). The van der Waals surface area contributed by atoms with Gasteiger partial charge in [-0.3, -0.25) is 4.79 Å². The summed E-state index contributed by atoms with van der Waals surface area (Å²) >= 11 is 0. The van der Waals surface area contributed by atoms with Crippen LogP contribution in [0.5, 0.6) is 11.5 Å². The number of amides is 1. The Balaban J connectivity index is 2.15. The minimum absolute atomic E-state index is 0.00400. The van der Waals surface area contributed by atoms with Crippen molar-refractivity contribution in [2.24, 2.45) is 17.6 Å². The van der Waals surface area contributed by atoms with Crippen LogP contribution in [0.4, 0.5) is 5.69 Å². The fraction of sp³-hybridized carbons (Fsp3) is 0.562. The molecule has 0 aliphatic heterocycles. The van der Waals surface area contributed by atoms with Crippen LogP contribution >= 0.6 is 0 Å². The number of rotatable bonds is 6. The molecule has 1 saturated carbocycles. The van der Waals surface area contributed by atoms with Crippen LogP contribution in [0.25, 0.3) is 0 Å². The van der Waals surface area contributed by atoms with Crippen LogP contribution in [0.3, 0.4) is 0 Å². The predicted molar refractivity (Wildman–Crippen MR) is 82.7 cm³/mol. The summed E-state index contributed by atoms with van der Waals surface area (Å²) in [4.78, 5) is 12.5. The van der Waals surface area contributed by atoms with E-state index in [1.54, 1.807) is 13.2 Å². The zero-order chi connectivity index (χ0) is 15.2. The van der Waals surface area contributed by atoms with E-state index in [2.05, 4.69) is 5.32 Å². The molecule has 0 spiro atoms. The van der Waals surface area contributed by atoms with E-state index in [1.165, 1.54) is 0 Å². The molecule has 1 aliphatic carbocycles. The summed E-state index contributed by atoms with van der Waals surface area (Å²) in [5, 5.41) is 2.98. The van der Waals surface area contributed by atoms with E-state index in [0.717, 1.165) is 19.3 Å². The maximum absolute atomic E-state index is 12.5. The van der Waals surface area contributed by atoms with Gasteiger partial charge in [0.25, 0.3) is 0 Å². The molecule has 0 bridgehead atoms. The lowest BCUT2D eigenvalue weighted by atomic mass is 9.95. The maximum atomic E-state index is 12.5. The Morgan fingerprint density at radius 1 is 1.43 bits per heavy atom. The highest BCUT2D eigenvalue weighted by atomic mass is 16.5. The van der Waals surface area contributed by atoms with E-state index in [1.807, 2.05) is 19.1 Å². The molecule has 1 aromatic carbocycles. The van der Waals surface area contributed by atoms with E-state index in [9.17, 15) is 4.79 Å². The summed E-state index contributed by atoms with van der Waals surface area (Å²) in [5.41, 5.74) is 6.41. The van der Waals surface area contributed by atoms with Gasteiger partial charge in [-0.05, 0) is 44.4 Å². The van der Waals surface area contributed by atoms with Gasteiger partial charge in [-0.1, -0.05) is 6.42 Å². The van der Waals surface area contributed by atoms with Crippen molar-refractivity contribution in [2.75, 3.05) is 25.6 Å². The molecular formula is C16H24N2O3. The molecule has 3 N–H and O–H groups in total. The maximum Gasteiger partial charge on any atom is 0.227 e. The molecule has 1 amide bonds. The lowest BCUT2D eigenvalue weighted by Crippen LogP contribution is -2.29. The zero-order valence-corrected chi connectivity index (χ0v) is 12.7. The van der Waals surface area contributed by atoms with Crippen molar-refractivity contribution >= 4 is 11.6 Å². The van der Waals surface area contributed by atoms with Crippen molar-refractivity contribution in [3.05, 3.63) is 18.2 Å². The second-order valence-corrected chi connectivity index (χ2v) is 5.32. The van der Waals surface area contributed by atoms with Gasteiger partial charge in [-0.15, -0.1) is 0 Å². The number of carbonyl (C=O) groups is 1. The van der Waals surface area contributed by atoms with E-state index < -0.39 is 0 Å². The molecule has 0 saturated heterocycles. The first kappa shape index (κ1) is 15.6. The highest BCUT2D eigenvalue weighted by Crippen LogP contribution is 2.34. The normalized spacial score (nSPS) is 21.1. The number of ether oxygens (including phenoxy) is 2. The van der Waals surface area contributed by atoms with Crippen molar-refractivity contribution in [2.45, 2.75) is 26.2 Å². The summed E-state index contributed by atoms with van der Waals surface area (Å²) in [6.45, 7) is 3.02. The Morgan fingerprint density at radius 3 is 2.90 bits per heavy atom. The van der Waals surface area contributed by atoms with E-state index in [0.29, 0.717) is 30.3 Å². The molecule has 1 aliphatic rings. The SMILES string of the molecule is CCOc1ccc(OC)cc1NC(=O)[C@@H]1CCC[C@@H]1CN. The lowest BCUT2D eigenvalue weighted by molar-refractivity contribution is -0.120. The molecule has 21 heavy (non-hydrogen) atoms. The van der Waals surface area contributed by atoms with Crippen molar-refractivity contribution in [1.82, 2.24) is 0 Å². The quantitative estimate of drug-likeness (QED) is 0.844. The van der Waals surface area contributed by atoms with E-state index >= 15 is 0 Å². The monoisotopic (exact) mass is 292 g/mol. The fourth-order valence-corrected chi connectivity index (χ4v) is 2.90. The van der Waals surface area contributed by atoms with Crippen molar-refractivity contribution in [3.8, 4) is 11.5 Å². The first-order valence-corrected chi connectivity index (χ1v) is 7.51. The molecule has 1 fully saturated rings. The Kier molecular flexibility index (Phi) is 5.44. The van der Waals surface area contributed by atoms with Crippen molar-refractivity contribution in [3.63, 3.8) is 0 Å². The van der Waals surface area contributed by atoms with Crippen LogP contribution in [-0.4, -0.2) is 26.2 Å². The summed E-state index contributed by atoms with van der Waals surface area (Å²) in [6.07, 6.45) is 3.00. The van der Waals surface area contributed by atoms with Gasteiger partial charge >= 0.3 is 0 Å². The highest BCUT2D eigenvalue weighted by Gasteiger charge is 2.32. The standard InChI is InChI=1S/C16H24N2O3/c1-3-21-15-8-7-12(20-2)9-14(15)18-16(19)13-6-4-5-11(13)10-17/h7-9,11,13H,3-6,10,17H2,1-2H3,(H,18,19)/t11-,13-/m1/s1. The van der Waals surface area contributed by atoms with E-state index in [-0.39, 0.29) is 17.7 Å². The summed E-state index contributed by atoms with van der Waals surface area (Å²) < 4.78 is 10.8. The molecule has 2 atom stereocenters. The van der Waals surface area contributed by atoms with E-state index in [4.69, 9.17) is 15.2 Å². The molecule has 0 aromatic heterocycles. The van der Waals surface area contributed by atoms with Crippen LogP contribution in [0.2, 0.25) is 0 Å². The number of benzene rings is 1. The molecular weight excluding hydrogens is 268 g/mol. The summed E-state index contributed by atoms with van der Waals surface area (Å²) in [6, 6.07) is 5.42. The molecule has 5 nitrogen and oxygen atoms in total. The smallest absolute Gasteiger partial charge is 0.227 e. The number of hydrogen-bond acceptors (Lipinski definition) is 4. The van der Waals surface area contributed by atoms with Gasteiger partial charge in [0.2, 0.25) is 5.91 Å². The van der Waals surface area contributed by atoms with Gasteiger partial charge in [0.05, 0.1) is 19.4 Å². The van der Waals surface area contributed by atoms with Crippen LogP contribution < -0.4 is 20.5 Å². The Labute approximate surface area is 125 Å². The number of nitrogens with two attached hydrogens (primary N) is 1. The molecule has 0 heterocycles. The van der Waals surface area contributed by atoms with Gasteiger partial charge in [-0.25, -0.2) is 0 Å². The molecule has 1 aromatic rings. The van der Waals surface area contributed by atoms with Gasteiger partial charge in [-0.2, -0.15) is 0 Å². The number of methoxy groups -OCH3 is 1. The van der Waals surface area contributed by atoms with Crippen LogP contribution in [0, 0.1) is 11.8 Å². The third-order valence-electron chi connectivity index (χ3n) is 4.04. The Morgan fingerprint density at radius 2 is 2.24 bits per heavy atom. The summed E-state index contributed by atoms with van der Waals surface area (Å²) in [5.74, 6) is 1.66. The number of hydrogen-bond donors (Lipinski definition) is 2. The van der Waals surface area contributed by atoms with Crippen LogP contribution in [-0.2, 0) is 4.79 Å². The van der Waals surface area contributed by atoms with Crippen LogP contribution in [0.1, 0.15) is 26.2 Å². The third kappa shape index (κ3) is 3.67. The van der Waals surface area contributed by atoms with Gasteiger partial charge in [0.15, 0.2) is 0 Å². The number of nitrogens with one attached hydrogen (secondary N) is 1.